The first-order chi connectivity index (χ1) is 16.0. The standard InChI is InChI=1S/C29H42Cl2N2O/c1-7-9-17-33(8-2)21-25(18-22-11-10-12-24(15-13-22)29(3,4)5)32(6)28(34)20-23-14-16-26(30)27(31)19-23/h11-16,19,25H,7-10,17-18,20-21H2,1-6H3. The summed E-state index contributed by atoms with van der Waals surface area (Å²) in [5.41, 5.74) is 3.67. The number of rotatable bonds is 11. The van der Waals surface area contributed by atoms with E-state index < -0.39 is 0 Å². The van der Waals surface area contributed by atoms with E-state index >= 15 is 0 Å². The van der Waals surface area contributed by atoms with Crippen molar-refractivity contribution in [3.05, 3.63) is 69.3 Å². The zero-order valence-electron chi connectivity index (χ0n) is 21.8. The molecule has 0 aromatic heterocycles. The number of unbranched alkanes of at least 4 members (excludes halogenated alkanes) is 1. The number of hydrogen-bond donors (Lipinski definition) is 0. The van der Waals surface area contributed by atoms with E-state index in [4.69, 9.17) is 23.2 Å². The molecule has 1 aliphatic rings. The molecule has 0 heterocycles. The Morgan fingerprint density at radius 3 is 2.44 bits per heavy atom. The highest BCUT2D eigenvalue weighted by atomic mass is 35.5. The van der Waals surface area contributed by atoms with Crippen LogP contribution < -0.4 is 0 Å². The minimum atomic E-state index is 0.0964. The first-order valence-corrected chi connectivity index (χ1v) is 13.3. The number of allylic oxidation sites excluding steroid dienone is 5. The molecule has 0 saturated carbocycles. The van der Waals surface area contributed by atoms with Crippen LogP contribution in [0.15, 0.2) is 53.6 Å². The molecule has 1 aromatic rings. The van der Waals surface area contributed by atoms with Crippen molar-refractivity contribution in [2.24, 2.45) is 5.41 Å². The number of carbonyl (C=O) groups is 1. The fourth-order valence-corrected chi connectivity index (χ4v) is 4.51. The molecule has 5 heteroatoms. The largest absolute Gasteiger partial charge is 0.341 e. The van der Waals surface area contributed by atoms with Gasteiger partial charge >= 0.3 is 0 Å². The molecule has 2 rings (SSSR count). The van der Waals surface area contributed by atoms with Crippen molar-refractivity contribution in [3.8, 4) is 0 Å². The summed E-state index contributed by atoms with van der Waals surface area (Å²) in [4.78, 5) is 17.7. The predicted molar refractivity (Wildman–Crippen MR) is 148 cm³/mol. The Kier molecular flexibility index (Phi) is 11.4. The summed E-state index contributed by atoms with van der Waals surface area (Å²) in [6.07, 6.45) is 13.5. The zero-order chi connectivity index (χ0) is 25.3. The van der Waals surface area contributed by atoms with Crippen molar-refractivity contribution >= 4 is 29.1 Å². The summed E-state index contributed by atoms with van der Waals surface area (Å²) < 4.78 is 0. The molecule has 0 saturated heterocycles. The van der Waals surface area contributed by atoms with Crippen LogP contribution in [-0.2, 0) is 11.2 Å². The van der Waals surface area contributed by atoms with Crippen LogP contribution >= 0.6 is 23.2 Å². The van der Waals surface area contributed by atoms with E-state index in [0.717, 1.165) is 38.0 Å². The van der Waals surface area contributed by atoms with E-state index in [2.05, 4.69) is 63.8 Å². The predicted octanol–water partition coefficient (Wildman–Crippen LogP) is 7.73. The van der Waals surface area contributed by atoms with Gasteiger partial charge in [0.05, 0.1) is 16.5 Å². The van der Waals surface area contributed by atoms with Crippen molar-refractivity contribution < 1.29 is 4.79 Å². The number of likely N-dealkylation sites (N-methyl/N-ethyl adjacent to an activating group) is 2. The molecule has 0 aliphatic heterocycles. The Balaban J connectivity index is 2.20. The second kappa shape index (κ2) is 13.5. The van der Waals surface area contributed by atoms with Gasteiger partial charge in [-0.1, -0.05) is 94.6 Å². The minimum Gasteiger partial charge on any atom is -0.341 e. The van der Waals surface area contributed by atoms with Crippen molar-refractivity contribution in [2.75, 3.05) is 26.7 Å². The summed E-state index contributed by atoms with van der Waals surface area (Å²) in [5.74, 6) is 0.0987. The van der Waals surface area contributed by atoms with E-state index in [0.29, 0.717) is 16.5 Å². The second-order valence-electron chi connectivity index (χ2n) is 10.3. The van der Waals surface area contributed by atoms with Gasteiger partial charge in [-0.15, -0.1) is 0 Å². The molecule has 188 valence electrons. The van der Waals surface area contributed by atoms with Crippen LogP contribution in [0, 0.1) is 5.41 Å². The number of benzene rings is 1. The van der Waals surface area contributed by atoms with Gasteiger partial charge in [0.1, 0.15) is 0 Å². The highest BCUT2D eigenvalue weighted by Crippen LogP contribution is 2.30. The molecule has 1 aliphatic carbocycles. The van der Waals surface area contributed by atoms with Gasteiger partial charge in [0.15, 0.2) is 0 Å². The molecule has 0 radical (unpaired) electrons. The van der Waals surface area contributed by atoms with Crippen molar-refractivity contribution in [1.29, 1.82) is 0 Å². The van der Waals surface area contributed by atoms with Crippen LogP contribution in [0.4, 0.5) is 0 Å². The van der Waals surface area contributed by atoms with Gasteiger partial charge in [0.2, 0.25) is 5.91 Å². The topological polar surface area (TPSA) is 23.6 Å². The average Bonchev–Trinajstić information content (AvgIpc) is 3.03. The van der Waals surface area contributed by atoms with Crippen molar-refractivity contribution in [1.82, 2.24) is 9.80 Å². The third kappa shape index (κ3) is 8.91. The molecule has 1 unspecified atom stereocenters. The Labute approximate surface area is 217 Å². The maximum absolute atomic E-state index is 13.3. The lowest BCUT2D eigenvalue weighted by molar-refractivity contribution is -0.131. The van der Waals surface area contributed by atoms with Gasteiger partial charge in [-0.3, -0.25) is 4.79 Å². The van der Waals surface area contributed by atoms with E-state index in [1.165, 1.54) is 24.0 Å². The lowest BCUT2D eigenvalue weighted by Crippen LogP contribution is -2.46. The molecule has 34 heavy (non-hydrogen) atoms. The monoisotopic (exact) mass is 504 g/mol. The summed E-state index contributed by atoms with van der Waals surface area (Å²) in [6, 6.07) is 5.53. The third-order valence-corrected chi connectivity index (χ3v) is 7.30. The third-order valence-electron chi connectivity index (χ3n) is 6.56. The van der Waals surface area contributed by atoms with Gasteiger partial charge < -0.3 is 9.80 Å². The molecule has 0 bridgehead atoms. The zero-order valence-corrected chi connectivity index (χ0v) is 23.3. The fourth-order valence-electron chi connectivity index (χ4n) is 4.18. The maximum Gasteiger partial charge on any atom is 0.227 e. The van der Waals surface area contributed by atoms with E-state index in [1.807, 2.05) is 18.0 Å². The van der Waals surface area contributed by atoms with Gasteiger partial charge in [0, 0.05) is 19.6 Å². The van der Waals surface area contributed by atoms with Crippen molar-refractivity contribution in [3.63, 3.8) is 0 Å². The molecule has 1 atom stereocenters. The molecule has 0 N–H and O–H groups in total. The van der Waals surface area contributed by atoms with E-state index in [-0.39, 0.29) is 17.4 Å². The fraction of sp³-hybridized carbons (Fsp3) is 0.552. The number of carbonyl (C=O) groups excluding carboxylic acids is 1. The molecular formula is C29H42Cl2N2O. The Hall–Kier alpha value is -1.55. The molecule has 1 aromatic carbocycles. The Morgan fingerprint density at radius 2 is 1.82 bits per heavy atom. The molecule has 0 fully saturated rings. The van der Waals surface area contributed by atoms with Gasteiger partial charge in [0.25, 0.3) is 0 Å². The summed E-state index contributed by atoms with van der Waals surface area (Å²) >= 11 is 12.2. The van der Waals surface area contributed by atoms with Gasteiger partial charge in [-0.05, 0) is 66.6 Å². The first-order valence-electron chi connectivity index (χ1n) is 12.5. The Morgan fingerprint density at radius 1 is 1.09 bits per heavy atom. The Bertz CT molecular complexity index is 911. The lowest BCUT2D eigenvalue weighted by Gasteiger charge is -2.33. The minimum absolute atomic E-state index is 0.0964. The van der Waals surface area contributed by atoms with Crippen molar-refractivity contribution in [2.45, 2.75) is 72.8 Å². The molecular weight excluding hydrogens is 463 g/mol. The highest BCUT2D eigenvalue weighted by Gasteiger charge is 2.24. The summed E-state index contributed by atoms with van der Waals surface area (Å²) in [5, 5.41) is 0.993. The van der Waals surface area contributed by atoms with Crippen LogP contribution in [0.3, 0.4) is 0 Å². The van der Waals surface area contributed by atoms with Crippen LogP contribution in [0.5, 0.6) is 0 Å². The van der Waals surface area contributed by atoms with Gasteiger partial charge in [-0.25, -0.2) is 0 Å². The summed E-state index contributed by atoms with van der Waals surface area (Å²) in [7, 11) is 1.94. The lowest BCUT2D eigenvalue weighted by atomic mass is 9.86. The SMILES string of the molecule is CCCCN(CC)CC(CC1=CCC=C(C(C)(C)C)C=C1)N(C)C(=O)Cc1ccc(Cl)c(Cl)c1. The number of halogens is 2. The summed E-state index contributed by atoms with van der Waals surface area (Å²) in [6.45, 7) is 14.1. The second-order valence-corrected chi connectivity index (χ2v) is 11.1. The van der Waals surface area contributed by atoms with E-state index in [9.17, 15) is 4.79 Å². The van der Waals surface area contributed by atoms with Crippen LogP contribution in [-0.4, -0.2) is 48.4 Å². The quantitative estimate of drug-likeness (QED) is 0.307. The molecule has 1 amide bonds. The number of hydrogen-bond acceptors (Lipinski definition) is 2. The highest BCUT2D eigenvalue weighted by molar-refractivity contribution is 6.42. The van der Waals surface area contributed by atoms with Crippen LogP contribution in [0.1, 0.15) is 65.9 Å². The normalized spacial score (nSPS) is 15.1. The smallest absolute Gasteiger partial charge is 0.227 e. The first kappa shape index (κ1) is 28.7. The van der Waals surface area contributed by atoms with Crippen LogP contribution in [0.25, 0.3) is 0 Å². The average molecular weight is 506 g/mol. The number of amides is 1. The molecule has 0 spiro atoms. The maximum atomic E-state index is 13.3. The molecule has 3 nitrogen and oxygen atoms in total. The number of nitrogens with zero attached hydrogens (tertiary/aromatic N) is 2. The van der Waals surface area contributed by atoms with E-state index in [1.54, 1.807) is 12.1 Å². The van der Waals surface area contributed by atoms with Crippen LogP contribution in [0.2, 0.25) is 10.0 Å². The van der Waals surface area contributed by atoms with Gasteiger partial charge in [-0.2, -0.15) is 0 Å².